The first-order valence-corrected chi connectivity index (χ1v) is 6.69. The molecule has 3 rings (SSSR count). The van der Waals surface area contributed by atoms with Crippen LogP contribution in [0, 0.1) is 5.82 Å². The molecule has 0 aliphatic heterocycles. The number of anilines is 1. The fraction of sp³-hybridized carbons (Fsp3) is 0.0909. The number of rotatable bonds is 3. The van der Waals surface area contributed by atoms with E-state index >= 15 is 0 Å². The van der Waals surface area contributed by atoms with Crippen molar-refractivity contribution in [3.63, 3.8) is 0 Å². The number of thiazole rings is 2. The average Bonchev–Trinajstić information content (AvgIpc) is 2.94. The molecule has 2 aromatic heterocycles. The van der Waals surface area contributed by atoms with Crippen molar-refractivity contribution in [1.29, 1.82) is 0 Å². The quantitative estimate of drug-likeness (QED) is 0.787. The van der Waals surface area contributed by atoms with E-state index in [1.807, 2.05) is 5.38 Å². The van der Waals surface area contributed by atoms with Crippen molar-refractivity contribution in [2.24, 2.45) is 0 Å². The molecule has 86 valence electrons. The second-order valence-corrected chi connectivity index (χ2v) is 5.42. The van der Waals surface area contributed by atoms with E-state index < -0.39 is 0 Å². The van der Waals surface area contributed by atoms with Gasteiger partial charge in [0.15, 0.2) is 5.13 Å². The van der Waals surface area contributed by atoms with Gasteiger partial charge in [-0.25, -0.2) is 14.4 Å². The van der Waals surface area contributed by atoms with Crippen LogP contribution in [0.1, 0.15) is 5.01 Å². The Hall–Kier alpha value is -1.53. The van der Waals surface area contributed by atoms with E-state index in [2.05, 4.69) is 15.3 Å². The van der Waals surface area contributed by atoms with Crippen molar-refractivity contribution in [2.45, 2.75) is 6.54 Å². The number of nitrogens with one attached hydrogen (secondary N) is 1. The summed E-state index contributed by atoms with van der Waals surface area (Å²) in [6, 6.07) is 4.62. The summed E-state index contributed by atoms with van der Waals surface area (Å²) < 4.78 is 13.9. The fourth-order valence-electron chi connectivity index (χ4n) is 1.47. The molecule has 0 saturated carbocycles. The minimum absolute atomic E-state index is 0.229. The molecule has 3 aromatic rings. The van der Waals surface area contributed by atoms with Crippen molar-refractivity contribution >= 4 is 38.0 Å². The van der Waals surface area contributed by atoms with Gasteiger partial charge >= 0.3 is 0 Å². The minimum atomic E-state index is -0.229. The van der Waals surface area contributed by atoms with Gasteiger partial charge in [-0.15, -0.1) is 11.3 Å². The minimum Gasteiger partial charge on any atom is -0.355 e. The van der Waals surface area contributed by atoms with Gasteiger partial charge in [0.25, 0.3) is 0 Å². The lowest BCUT2D eigenvalue weighted by Gasteiger charge is -1.96. The Balaban J connectivity index is 1.81. The molecule has 17 heavy (non-hydrogen) atoms. The number of aromatic nitrogens is 2. The van der Waals surface area contributed by atoms with Crippen LogP contribution >= 0.6 is 22.7 Å². The lowest BCUT2D eigenvalue weighted by molar-refractivity contribution is 0.630. The zero-order valence-electron chi connectivity index (χ0n) is 8.68. The Morgan fingerprint density at radius 3 is 3.12 bits per heavy atom. The van der Waals surface area contributed by atoms with Crippen molar-refractivity contribution in [3.05, 3.63) is 40.6 Å². The summed E-state index contributed by atoms with van der Waals surface area (Å²) in [6.07, 6.45) is 1.77. The van der Waals surface area contributed by atoms with Crippen LogP contribution in [-0.4, -0.2) is 9.97 Å². The Kier molecular flexibility index (Phi) is 2.74. The van der Waals surface area contributed by atoms with Crippen LogP contribution in [0.3, 0.4) is 0 Å². The van der Waals surface area contributed by atoms with Gasteiger partial charge in [-0.3, -0.25) is 0 Å². The summed E-state index contributed by atoms with van der Waals surface area (Å²) in [4.78, 5) is 8.54. The van der Waals surface area contributed by atoms with E-state index in [0.717, 1.165) is 20.4 Å². The summed E-state index contributed by atoms with van der Waals surface area (Å²) in [6.45, 7) is 0.653. The number of halogens is 1. The highest BCUT2D eigenvalue weighted by atomic mass is 32.1. The smallest absolute Gasteiger partial charge is 0.184 e. The molecule has 0 radical (unpaired) electrons. The number of nitrogens with zero attached hydrogens (tertiary/aromatic N) is 2. The first-order chi connectivity index (χ1) is 8.31. The molecule has 0 amide bonds. The maximum Gasteiger partial charge on any atom is 0.184 e. The van der Waals surface area contributed by atoms with E-state index in [0.29, 0.717) is 6.54 Å². The Bertz CT molecular complexity index is 633. The normalized spacial score (nSPS) is 10.9. The van der Waals surface area contributed by atoms with Crippen LogP contribution < -0.4 is 5.32 Å². The van der Waals surface area contributed by atoms with E-state index in [9.17, 15) is 4.39 Å². The zero-order valence-corrected chi connectivity index (χ0v) is 10.3. The van der Waals surface area contributed by atoms with Gasteiger partial charge in [0, 0.05) is 11.6 Å². The topological polar surface area (TPSA) is 37.8 Å². The van der Waals surface area contributed by atoms with Crippen LogP contribution in [0.2, 0.25) is 0 Å². The third-order valence-corrected chi connectivity index (χ3v) is 3.98. The average molecular weight is 265 g/mol. The largest absolute Gasteiger partial charge is 0.355 e. The van der Waals surface area contributed by atoms with Crippen molar-refractivity contribution < 1.29 is 4.39 Å². The first-order valence-electron chi connectivity index (χ1n) is 4.99. The molecule has 0 unspecified atom stereocenters. The van der Waals surface area contributed by atoms with Crippen molar-refractivity contribution in [3.8, 4) is 0 Å². The highest BCUT2D eigenvalue weighted by Gasteiger charge is 2.04. The van der Waals surface area contributed by atoms with Gasteiger partial charge in [-0.2, -0.15) is 0 Å². The molecule has 2 heterocycles. The van der Waals surface area contributed by atoms with Gasteiger partial charge in [-0.1, -0.05) is 11.3 Å². The predicted octanol–water partition coefficient (Wildman–Crippen LogP) is 3.50. The molecule has 3 nitrogen and oxygen atoms in total. The second kappa shape index (κ2) is 4.38. The molecular weight excluding hydrogens is 257 g/mol. The van der Waals surface area contributed by atoms with E-state index in [-0.39, 0.29) is 5.82 Å². The molecule has 0 bridgehead atoms. The summed E-state index contributed by atoms with van der Waals surface area (Å²) in [7, 11) is 0. The predicted molar refractivity (Wildman–Crippen MR) is 69.0 cm³/mol. The number of hydrogen-bond acceptors (Lipinski definition) is 5. The highest BCUT2D eigenvalue weighted by molar-refractivity contribution is 7.22. The summed E-state index contributed by atoms with van der Waals surface area (Å²) in [5.41, 5.74) is 0.818. The standard InChI is InChI=1S/C11H8FN3S2/c12-7-1-2-8-9(5-7)17-11(15-8)14-6-10-13-3-4-16-10/h1-5H,6H2,(H,14,15). The second-order valence-electron chi connectivity index (χ2n) is 3.41. The van der Waals surface area contributed by atoms with Crippen LogP contribution in [0.4, 0.5) is 9.52 Å². The SMILES string of the molecule is Fc1ccc2nc(NCc3nccs3)sc2c1. The van der Waals surface area contributed by atoms with Crippen LogP contribution in [0.5, 0.6) is 0 Å². The zero-order chi connectivity index (χ0) is 11.7. The maximum atomic E-state index is 13.0. The number of fused-ring (bicyclic) bond motifs is 1. The molecule has 0 aliphatic rings. The Labute approximate surface area is 105 Å². The third-order valence-electron chi connectivity index (χ3n) is 2.22. The molecule has 1 aromatic carbocycles. The van der Waals surface area contributed by atoms with Crippen LogP contribution in [-0.2, 0) is 6.54 Å². The molecule has 0 atom stereocenters. The van der Waals surface area contributed by atoms with E-state index in [4.69, 9.17) is 0 Å². The van der Waals surface area contributed by atoms with Gasteiger partial charge in [0.2, 0.25) is 0 Å². The Morgan fingerprint density at radius 2 is 2.29 bits per heavy atom. The van der Waals surface area contributed by atoms with Crippen LogP contribution in [0.15, 0.2) is 29.8 Å². The molecule has 0 fully saturated rings. The van der Waals surface area contributed by atoms with E-state index in [1.54, 1.807) is 23.6 Å². The summed E-state index contributed by atoms with van der Waals surface area (Å²) in [5, 5.41) is 6.93. The van der Waals surface area contributed by atoms with Crippen molar-refractivity contribution in [1.82, 2.24) is 9.97 Å². The van der Waals surface area contributed by atoms with Gasteiger partial charge in [-0.05, 0) is 18.2 Å². The first kappa shape index (κ1) is 10.6. The highest BCUT2D eigenvalue weighted by Crippen LogP contribution is 2.26. The molecular formula is C11H8FN3S2. The monoisotopic (exact) mass is 265 g/mol. The molecule has 6 heteroatoms. The Morgan fingerprint density at radius 1 is 1.35 bits per heavy atom. The third kappa shape index (κ3) is 2.27. The molecule has 1 N–H and O–H groups in total. The fourth-order valence-corrected chi connectivity index (χ4v) is 2.91. The summed E-state index contributed by atoms with van der Waals surface area (Å²) in [5.74, 6) is -0.229. The lowest BCUT2D eigenvalue weighted by atomic mass is 10.3. The van der Waals surface area contributed by atoms with E-state index in [1.165, 1.54) is 23.5 Å². The summed E-state index contributed by atoms with van der Waals surface area (Å²) >= 11 is 3.04. The molecule has 0 aliphatic carbocycles. The van der Waals surface area contributed by atoms with Gasteiger partial charge < -0.3 is 5.32 Å². The number of hydrogen-bond donors (Lipinski definition) is 1. The molecule has 0 saturated heterocycles. The van der Waals surface area contributed by atoms with Gasteiger partial charge in [0.05, 0.1) is 16.8 Å². The maximum absolute atomic E-state index is 13.0. The van der Waals surface area contributed by atoms with Crippen LogP contribution in [0.25, 0.3) is 10.2 Å². The number of benzene rings is 1. The van der Waals surface area contributed by atoms with Crippen molar-refractivity contribution in [2.75, 3.05) is 5.32 Å². The molecule has 0 spiro atoms. The van der Waals surface area contributed by atoms with Gasteiger partial charge in [0.1, 0.15) is 10.8 Å². The lowest BCUT2D eigenvalue weighted by Crippen LogP contribution is -1.97.